The van der Waals surface area contributed by atoms with E-state index in [1.165, 1.54) is 24.0 Å². The van der Waals surface area contributed by atoms with E-state index in [1.807, 2.05) is 12.1 Å². The van der Waals surface area contributed by atoms with E-state index >= 15 is 0 Å². The van der Waals surface area contributed by atoms with Gasteiger partial charge in [0.1, 0.15) is 5.75 Å². The second kappa shape index (κ2) is 5.39. The lowest BCUT2D eigenvalue weighted by Gasteiger charge is -2.49. The first-order valence-electron chi connectivity index (χ1n) is 8.43. The van der Waals surface area contributed by atoms with Gasteiger partial charge >= 0.3 is 0 Å². The predicted molar refractivity (Wildman–Crippen MR) is 85.7 cm³/mol. The molecule has 4 rings (SSSR count). The molecule has 0 bridgehead atoms. The fraction of sp³-hybridized carbons (Fsp3) is 0.579. The van der Waals surface area contributed by atoms with Crippen LogP contribution < -0.4 is 4.74 Å². The van der Waals surface area contributed by atoms with Gasteiger partial charge in [0.2, 0.25) is 0 Å². The lowest BCUT2D eigenvalue weighted by atomic mass is 9.63. The minimum absolute atomic E-state index is 0.00359. The Hall–Kier alpha value is -1.32. The number of hydrogen-bond acceptors (Lipinski definition) is 3. The highest BCUT2D eigenvalue weighted by atomic mass is 16.7. The topological polar surface area (TPSA) is 27.7 Å². The van der Waals surface area contributed by atoms with Gasteiger partial charge in [-0.2, -0.15) is 0 Å². The van der Waals surface area contributed by atoms with E-state index in [9.17, 15) is 0 Å². The second-order valence-electron chi connectivity index (χ2n) is 6.60. The van der Waals surface area contributed by atoms with Gasteiger partial charge in [0, 0.05) is 12.0 Å². The molecule has 1 atom stereocenters. The van der Waals surface area contributed by atoms with Crippen LogP contribution in [0.1, 0.15) is 44.1 Å². The number of hydrogen-bond donors (Lipinski definition) is 0. The highest BCUT2D eigenvalue weighted by Gasteiger charge is 2.60. The Morgan fingerprint density at radius 1 is 1.00 bits per heavy atom. The average molecular weight is 300 g/mol. The van der Waals surface area contributed by atoms with Gasteiger partial charge in [-0.15, -0.1) is 0 Å². The van der Waals surface area contributed by atoms with Gasteiger partial charge in [0.05, 0.1) is 25.7 Å². The van der Waals surface area contributed by atoms with Crippen molar-refractivity contribution in [2.45, 2.75) is 44.3 Å². The maximum absolute atomic E-state index is 6.24. The van der Waals surface area contributed by atoms with Gasteiger partial charge in [0.25, 0.3) is 0 Å². The van der Waals surface area contributed by atoms with Crippen LogP contribution in [0.3, 0.4) is 0 Å². The van der Waals surface area contributed by atoms with E-state index in [0.717, 1.165) is 44.6 Å². The SMILES string of the molecule is COc1ccccc1C1=CCC[C@@]12CCCCC21OCCO1. The van der Waals surface area contributed by atoms with Crippen molar-refractivity contribution < 1.29 is 14.2 Å². The zero-order chi connectivity index (χ0) is 15.0. The highest BCUT2D eigenvalue weighted by Crippen LogP contribution is 2.62. The maximum Gasteiger partial charge on any atom is 0.178 e. The van der Waals surface area contributed by atoms with Crippen LogP contribution in [0.4, 0.5) is 0 Å². The first kappa shape index (κ1) is 14.3. The second-order valence-corrected chi connectivity index (χ2v) is 6.60. The molecule has 118 valence electrons. The molecule has 1 aromatic carbocycles. The molecule has 0 aromatic heterocycles. The molecule has 1 heterocycles. The normalized spacial score (nSPS) is 30.0. The van der Waals surface area contributed by atoms with Crippen molar-refractivity contribution in [3.05, 3.63) is 35.9 Å². The Balaban J connectivity index is 1.82. The van der Waals surface area contributed by atoms with E-state index in [1.54, 1.807) is 7.11 Å². The molecule has 2 fully saturated rings. The zero-order valence-corrected chi connectivity index (χ0v) is 13.3. The van der Waals surface area contributed by atoms with Gasteiger partial charge < -0.3 is 14.2 Å². The number of methoxy groups -OCH3 is 1. The summed E-state index contributed by atoms with van der Waals surface area (Å²) < 4.78 is 18.1. The molecule has 0 N–H and O–H groups in total. The molecule has 3 aliphatic rings. The number of para-hydroxylation sites is 1. The molecule has 1 saturated heterocycles. The lowest BCUT2D eigenvalue weighted by Crippen LogP contribution is -2.51. The molecule has 2 aliphatic carbocycles. The van der Waals surface area contributed by atoms with Crippen LogP contribution in [0.5, 0.6) is 5.75 Å². The summed E-state index contributed by atoms with van der Waals surface area (Å²) in [4.78, 5) is 0. The summed E-state index contributed by atoms with van der Waals surface area (Å²) in [5.41, 5.74) is 2.59. The van der Waals surface area contributed by atoms with Crippen LogP contribution in [0.2, 0.25) is 0 Å². The molecular weight excluding hydrogens is 276 g/mol. The Morgan fingerprint density at radius 3 is 2.59 bits per heavy atom. The van der Waals surface area contributed by atoms with E-state index in [0.29, 0.717) is 0 Å². The Kier molecular flexibility index (Phi) is 3.50. The number of ether oxygens (including phenoxy) is 3. The van der Waals surface area contributed by atoms with Crippen LogP contribution in [0.15, 0.2) is 30.3 Å². The number of benzene rings is 1. The monoisotopic (exact) mass is 300 g/mol. The molecule has 0 radical (unpaired) electrons. The van der Waals surface area contributed by atoms with Crippen molar-refractivity contribution in [2.75, 3.05) is 20.3 Å². The van der Waals surface area contributed by atoms with Crippen molar-refractivity contribution in [2.24, 2.45) is 5.41 Å². The fourth-order valence-corrected chi connectivity index (χ4v) is 4.77. The largest absolute Gasteiger partial charge is 0.496 e. The molecule has 1 saturated carbocycles. The van der Waals surface area contributed by atoms with Crippen molar-refractivity contribution in [3.8, 4) is 5.75 Å². The number of fused-ring (bicyclic) bond motifs is 1. The van der Waals surface area contributed by atoms with E-state index in [4.69, 9.17) is 14.2 Å². The first-order valence-corrected chi connectivity index (χ1v) is 8.43. The molecule has 0 unspecified atom stereocenters. The van der Waals surface area contributed by atoms with Gasteiger partial charge in [0.15, 0.2) is 5.79 Å². The Morgan fingerprint density at radius 2 is 1.77 bits per heavy atom. The molecule has 3 heteroatoms. The summed E-state index contributed by atoms with van der Waals surface area (Å²) in [5, 5.41) is 0. The van der Waals surface area contributed by atoms with Crippen LogP contribution in [0.25, 0.3) is 5.57 Å². The van der Waals surface area contributed by atoms with Crippen LogP contribution >= 0.6 is 0 Å². The third-order valence-electron chi connectivity index (χ3n) is 5.67. The summed E-state index contributed by atoms with van der Waals surface area (Å²) in [6, 6.07) is 8.35. The van der Waals surface area contributed by atoms with Gasteiger partial charge in [-0.3, -0.25) is 0 Å². The van der Waals surface area contributed by atoms with E-state index < -0.39 is 5.79 Å². The van der Waals surface area contributed by atoms with Crippen molar-refractivity contribution >= 4 is 5.57 Å². The highest BCUT2D eigenvalue weighted by molar-refractivity contribution is 5.77. The maximum atomic E-state index is 6.24. The average Bonchev–Trinajstić information content (AvgIpc) is 3.19. The Bertz CT molecular complexity index is 586. The molecule has 0 amide bonds. The molecule has 3 nitrogen and oxygen atoms in total. The van der Waals surface area contributed by atoms with Crippen LogP contribution in [-0.4, -0.2) is 26.1 Å². The van der Waals surface area contributed by atoms with Crippen LogP contribution in [-0.2, 0) is 9.47 Å². The van der Waals surface area contributed by atoms with Crippen molar-refractivity contribution in [1.29, 1.82) is 0 Å². The minimum Gasteiger partial charge on any atom is -0.496 e. The third-order valence-corrected chi connectivity index (χ3v) is 5.67. The summed E-state index contributed by atoms with van der Waals surface area (Å²) in [5.74, 6) is 0.544. The van der Waals surface area contributed by atoms with Gasteiger partial charge in [-0.1, -0.05) is 30.7 Å². The van der Waals surface area contributed by atoms with Crippen LogP contribution in [0, 0.1) is 5.41 Å². The molecule has 22 heavy (non-hydrogen) atoms. The first-order chi connectivity index (χ1) is 10.8. The van der Waals surface area contributed by atoms with Crippen molar-refractivity contribution in [3.63, 3.8) is 0 Å². The van der Waals surface area contributed by atoms with Gasteiger partial charge in [-0.05, 0) is 37.3 Å². The van der Waals surface area contributed by atoms with Gasteiger partial charge in [-0.25, -0.2) is 0 Å². The molecule has 1 aliphatic heterocycles. The standard InChI is InChI=1S/C19H24O3/c1-20-17-9-3-2-7-15(17)16-8-6-11-18(16)10-4-5-12-19(18)21-13-14-22-19/h2-3,7-9H,4-6,10-14H2,1H3/t18-/m0/s1. The third kappa shape index (κ3) is 1.88. The summed E-state index contributed by atoms with van der Waals surface area (Å²) in [6.07, 6.45) is 9.22. The fourth-order valence-electron chi connectivity index (χ4n) is 4.77. The smallest absolute Gasteiger partial charge is 0.178 e. The lowest BCUT2D eigenvalue weighted by molar-refractivity contribution is -0.236. The number of rotatable bonds is 2. The zero-order valence-electron chi connectivity index (χ0n) is 13.3. The quantitative estimate of drug-likeness (QED) is 0.820. The van der Waals surface area contributed by atoms with Crippen molar-refractivity contribution in [1.82, 2.24) is 0 Å². The summed E-state index contributed by atoms with van der Waals surface area (Å²) in [7, 11) is 1.75. The Labute approximate surface area is 132 Å². The number of allylic oxidation sites excluding steroid dienone is 1. The predicted octanol–water partition coefficient (Wildman–Crippen LogP) is 4.18. The van der Waals surface area contributed by atoms with E-state index in [2.05, 4.69) is 18.2 Å². The minimum atomic E-state index is -0.408. The summed E-state index contributed by atoms with van der Waals surface area (Å²) in [6.45, 7) is 1.45. The molecule has 2 spiro atoms. The molecular formula is C19H24O3. The van der Waals surface area contributed by atoms with E-state index in [-0.39, 0.29) is 5.41 Å². The summed E-state index contributed by atoms with van der Waals surface area (Å²) >= 11 is 0. The molecule has 1 aromatic rings.